The van der Waals surface area contributed by atoms with E-state index in [-0.39, 0.29) is 19.0 Å². The Bertz CT molecular complexity index is 911. The fourth-order valence-electron chi connectivity index (χ4n) is 3.06. The van der Waals surface area contributed by atoms with E-state index in [1.807, 2.05) is 24.3 Å². The lowest BCUT2D eigenvalue weighted by Crippen LogP contribution is -2.50. The second-order valence-corrected chi connectivity index (χ2v) is 7.30. The van der Waals surface area contributed by atoms with Crippen molar-refractivity contribution in [3.8, 4) is 0 Å². The molecule has 0 aliphatic carbocycles. The van der Waals surface area contributed by atoms with Gasteiger partial charge in [-0.15, -0.1) is 11.3 Å². The van der Waals surface area contributed by atoms with Crippen molar-refractivity contribution >= 4 is 35.1 Å². The molecule has 0 spiro atoms. The van der Waals surface area contributed by atoms with Crippen LogP contribution in [0.2, 0.25) is 0 Å². The summed E-state index contributed by atoms with van der Waals surface area (Å²) >= 11 is 1.25. The molecule has 2 heterocycles. The van der Waals surface area contributed by atoms with Crippen LogP contribution in [0.5, 0.6) is 0 Å². The number of carbonyl (C=O) groups is 4. The minimum absolute atomic E-state index is 0.224. The molecule has 2 aromatic rings. The summed E-state index contributed by atoms with van der Waals surface area (Å²) in [5, 5.41) is 4.19. The quantitative estimate of drug-likeness (QED) is 0.709. The first-order valence-corrected chi connectivity index (χ1v) is 9.79. The topological polar surface area (TPSA) is 102 Å². The number of fused-ring (bicyclic) bond motifs is 1. The van der Waals surface area contributed by atoms with Gasteiger partial charge in [0.1, 0.15) is 12.6 Å². The first-order chi connectivity index (χ1) is 14.0. The second kappa shape index (κ2) is 9.33. The number of methoxy groups -OCH3 is 1. The van der Waals surface area contributed by atoms with E-state index in [9.17, 15) is 19.2 Å². The monoisotopic (exact) mass is 416 g/mol. The van der Waals surface area contributed by atoms with Gasteiger partial charge in [-0.3, -0.25) is 14.4 Å². The van der Waals surface area contributed by atoms with Gasteiger partial charge >= 0.3 is 11.9 Å². The summed E-state index contributed by atoms with van der Waals surface area (Å²) in [5.41, 5.74) is 1.90. The summed E-state index contributed by atoms with van der Waals surface area (Å²) < 4.78 is 9.80. The highest BCUT2D eigenvalue weighted by Gasteiger charge is 2.35. The van der Waals surface area contributed by atoms with Crippen LogP contribution < -0.4 is 5.32 Å². The van der Waals surface area contributed by atoms with E-state index in [1.165, 1.54) is 23.3 Å². The normalized spacial score (nSPS) is 15.2. The first kappa shape index (κ1) is 20.5. The van der Waals surface area contributed by atoms with Crippen LogP contribution in [0, 0.1) is 0 Å². The number of hydrogen-bond donors (Lipinski definition) is 1. The van der Waals surface area contributed by atoms with E-state index >= 15 is 0 Å². The van der Waals surface area contributed by atoms with Crippen molar-refractivity contribution < 1.29 is 28.7 Å². The first-order valence-electron chi connectivity index (χ1n) is 8.91. The van der Waals surface area contributed by atoms with Gasteiger partial charge in [-0.25, -0.2) is 4.79 Å². The van der Waals surface area contributed by atoms with E-state index in [1.54, 1.807) is 17.5 Å². The number of esters is 2. The largest absolute Gasteiger partial charge is 0.467 e. The van der Waals surface area contributed by atoms with Crippen molar-refractivity contribution in [1.82, 2.24) is 10.2 Å². The maximum atomic E-state index is 12.6. The Morgan fingerprint density at radius 1 is 1.14 bits per heavy atom. The Morgan fingerprint density at radius 3 is 2.59 bits per heavy atom. The summed E-state index contributed by atoms with van der Waals surface area (Å²) in [6.07, 6.45) is 0.333. The summed E-state index contributed by atoms with van der Waals surface area (Å²) in [6.45, 7) is -0.655. The SMILES string of the molecule is COC(=O)[C@H]1Cc2ccccc2CN1C(=O)COC(=O)CNC(=O)c1cccs1. The predicted octanol–water partition coefficient (Wildman–Crippen LogP) is 1.15. The van der Waals surface area contributed by atoms with E-state index in [2.05, 4.69) is 5.32 Å². The highest BCUT2D eigenvalue weighted by molar-refractivity contribution is 7.12. The molecule has 8 nitrogen and oxygen atoms in total. The van der Waals surface area contributed by atoms with Crippen molar-refractivity contribution in [2.24, 2.45) is 0 Å². The lowest BCUT2D eigenvalue weighted by Gasteiger charge is -2.35. The molecule has 0 unspecified atom stereocenters. The lowest BCUT2D eigenvalue weighted by atomic mass is 9.94. The average molecular weight is 416 g/mol. The highest BCUT2D eigenvalue weighted by Crippen LogP contribution is 2.24. The van der Waals surface area contributed by atoms with Crippen LogP contribution in [0.4, 0.5) is 0 Å². The van der Waals surface area contributed by atoms with Gasteiger partial charge in [-0.1, -0.05) is 30.3 Å². The maximum absolute atomic E-state index is 12.6. The number of rotatable bonds is 6. The van der Waals surface area contributed by atoms with Gasteiger partial charge in [0.15, 0.2) is 6.61 Å². The van der Waals surface area contributed by atoms with Gasteiger partial charge in [0.05, 0.1) is 12.0 Å². The summed E-state index contributed by atoms with van der Waals surface area (Å²) in [5.74, 6) is -2.16. The van der Waals surface area contributed by atoms with Gasteiger partial charge in [-0.05, 0) is 22.6 Å². The van der Waals surface area contributed by atoms with Crippen molar-refractivity contribution in [3.05, 3.63) is 57.8 Å². The third-order valence-electron chi connectivity index (χ3n) is 4.54. The zero-order valence-electron chi connectivity index (χ0n) is 15.8. The number of ether oxygens (including phenoxy) is 2. The molecule has 1 aromatic carbocycles. The van der Waals surface area contributed by atoms with Crippen molar-refractivity contribution in [2.75, 3.05) is 20.3 Å². The molecule has 3 rings (SSSR count). The van der Waals surface area contributed by atoms with Crippen molar-refractivity contribution in [3.63, 3.8) is 0 Å². The van der Waals surface area contributed by atoms with E-state index in [0.29, 0.717) is 11.3 Å². The summed E-state index contributed by atoms with van der Waals surface area (Å²) in [6, 6.07) is 10.1. The van der Waals surface area contributed by atoms with Crippen LogP contribution in [-0.4, -0.2) is 55.0 Å². The molecule has 0 bridgehead atoms. The van der Waals surface area contributed by atoms with E-state index in [0.717, 1.165) is 11.1 Å². The zero-order valence-corrected chi connectivity index (χ0v) is 16.6. The van der Waals surface area contributed by atoms with Crippen molar-refractivity contribution in [1.29, 1.82) is 0 Å². The molecule has 0 saturated carbocycles. The van der Waals surface area contributed by atoms with Crippen LogP contribution in [0.3, 0.4) is 0 Å². The van der Waals surface area contributed by atoms with E-state index in [4.69, 9.17) is 9.47 Å². The second-order valence-electron chi connectivity index (χ2n) is 6.35. The number of nitrogens with zero attached hydrogens (tertiary/aromatic N) is 1. The summed E-state index contributed by atoms with van der Waals surface area (Å²) in [4.78, 5) is 50.3. The molecule has 1 aliphatic heterocycles. The molecule has 1 aliphatic rings. The third-order valence-corrected chi connectivity index (χ3v) is 5.41. The molecule has 9 heteroatoms. The van der Waals surface area contributed by atoms with E-state index < -0.39 is 30.5 Å². The maximum Gasteiger partial charge on any atom is 0.328 e. The number of carbonyl (C=O) groups excluding carboxylic acids is 4. The van der Waals surface area contributed by atoms with Crippen LogP contribution in [-0.2, 0) is 36.8 Å². The number of thiophene rings is 1. The van der Waals surface area contributed by atoms with Gasteiger partial charge in [-0.2, -0.15) is 0 Å². The Labute approximate surface area is 171 Å². The zero-order chi connectivity index (χ0) is 20.8. The number of benzene rings is 1. The summed E-state index contributed by atoms with van der Waals surface area (Å²) in [7, 11) is 1.27. The standard InChI is InChI=1S/C20H20N2O6S/c1-27-20(26)15-9-13-5-2-3-6-14(13)11-22(15)17(23)12-28-18(24)10-21-19(25)16-7-4-8-29-16/h2-8,15H,9-12H2,1H3,(H,21,25)/t15-/m1/s1. The Hall–Kier alpha value is -3.20. The Morgan fingerprint density at radius 2 is 1.90 bits per heavy atom. The van der Waals surface area contributed by atoms with Gasteiger partial charge < -0.3 is 19.7 Å². The smallest absolute Gasteiger partial charge is 0.328 e. The minimum atomic E-state index is -0.778. The predicted molar refractivity (Wildman–Crippen MR) is 104 cm³/mol. The Kier molecular flexibility index (Phi) is 6.61. The molecular formula is C20H20N2O6S. The highest BCUT2D eigenvalue weighted by atomic mass is 32.1. The number of nitrogens with one attached hydrogen (secondary N) is 1. The minimum Gasteiger partial charge on any atom is -0.467 e. The molecule has 0 fully saturated rings. The van der Waals surface area contributed by atoms with Crippen LogP contribution in [0.15, 0.2) is 41.8 Å². The third kappa shape index (κ3) is 5.00. The van der Waals surface area contributed by atoms with Crippen molar-refractivity contribution in [2.45, 2.75) is 19.0 Å². The molecule has 29 heavy (non-hydrogen) atoms. The van der Waals surface area contributed by atoms with Crippen LogP contribution in [0.25, 0.3) is 0 Å². The van der Waals surface area contributed by atoms with Crippen LogP contribution in [0.1, 0.15) is 20.8 Å². The molecule has 1 atom stereocenters. The molecule has 1 N–H and O–H groups in total. The molecule has 0 radical (unpaired) electrons. The fraction of sp³-hybridized carbons (Fsp3) is 0.300. The molecular weight excluding hydrogens is 396 g/mol. The molecule has 2 amide bonds. The lowest BCUT2D eigenvalue weighted by molar-refractivity contribution is -0.159. The molecule has 152 valence electrons. The van der Waals surface area contributed by atoms with Gasteiger partial charge in [0, 0.05) is 13.0 Å². The molecule has 1 aromatic heterocycles. The molecule has 0 saturated heterocycles. The number of amides is 2. The fourth-order valence-corrected chi connectivity index (χ4v) is 3.70. The average Bonchev–Trinajstić information content (AvgIpc) is 3.29. The Balaban J connectivity index is 1.56. The van der Waals surface area contributed by atoms with Gasteiger partial charge in [0.2, 0.25) is 0 Å². The van der Waals surface area contributed by atoms with Crippen LogP contribution >= 0.6 is 11.3 Å². The van der Waals surface area contributed by atoms with Gasteiger partial charge in [0.25, 0.3) is 11.8 Å². The number of hydrogen-bond acceptors (Lipinski definition) is 7.